The summed E-state index contributed by atoms with van der Waals surface area (Å²) in [6, 6.07) is 0. The maximum absolute atomic E-state index is 12.5. The molecule has 0 radical (unpaired) electrons. The highest BCUT2D eigenvalue weighted by atomic mass is 32.1. The molecule has 5 nitrogen and oxygen atoms in total. The molecule has 2 rings (SSSR count). The Morgan fingerprint density at radius 2 is 2.25 bits per heavy atom. The van der Waals surface area contributed by atoms with Crippen LogP contribution in [0, 0.1) is 19.3 Å². The Balaban J connectivity index is 2.84. The average Bonchev–Trinajstić information content (AvgIpc) is 2.72. The summed E-state index contributed by atoms with van der Waals surface area (Å²) in [5, 5.41) is 9.51. The van der Waals surface area contributed by atoms with Gasteiger partial charge in [-0.2, -0.15) is 0 Å². The SMILES string of the molecule is C#CCn1c(CCC)nc2sc(C(=O)O)c(C)c2c1=O. The molecule has 0 aliphatic carbocycles. The maximum Gasteiger partial charge on any atom is 0.346 e. The number of aryl methyl sites for hydroxylation is 2. The molecule has 0 unspecified atom stereocenters. The standard InChI is InChI=1S/C14H14N2O3S/c1-4-6-9-15-12-10(13(17)16(9)7-5-2)8(3)11(20-12)14(18)19/h2H,4,6-7H2,1,3H3,(H,18,19). The van der Waals surface area contributed by atoms with Gasteiger partial charge in [0, 0.05) is 6.42 Å². The third-order valence-corrected chi connectivity index (χ3v) is 4.22. The van der Waals surface area contributed by atoms with Gasteiger partial charge in [-0.15, -0.1) is 17.8 Å². The summed E-state index contributed by atoms with van der Waals surface area (Å²) in [6.45, 7) is 3.76. The van der Waals surface area contributed by atoms with Crippen LogP contribution in [0.5, 0.6) is 0 Å². The fourth-order valence-corrected chi connectivity index (χ4v) is 3.16. The molecular weight excluding hydrogens is 276 g/mol. The fraction of sp³-hybridized carbons (Fsp3) is 0.357. The van der Waals surface area contributed by atoms with Gasteiger partial charge in [-0.25, -0.2) is 9.78 Å². The lowest BCUT2D eigenvalue weighted by Gasteiger charge is -2.08. The normalized spacial score (nSPS) is 10.7. The van der Waals surface area contributed by atoms with Crippen molar-refractivity contribution >= 4 is 27.5 Å². The van der Waals surface area contributed by atoms with Crippen LogP contribution in [0.4, 0.5) is 0 Å². The number of hydrogen-bond donors (Lipinski definition) is 1. The molecule has 6 heteroatoms. The van der Waals surface area contributed by atoms with Gasteiger partial charge < -0.3 is 5.11 Å². The van der Waals surface area contributed by atoms with Crippen molar-refractivity contribution in [2.75, 3.05) is 0 Å². The monoisotopic (exact) mass is 290 g/mol. The van der Waals surface area contributed by atoms with Crippen molar-refractivity contribution < 1.29 is 9.90 Å². The van der Waals surface area contributed by atoms with Crippen molar-refractivity contribution in [3.63, 3.8) is 0 Å². The van der Waals surface area contributed by atoms with Crippen LogP contribution >= 0.6 is 11.3 Å². The van der Waals surface area contributed by atoms with Gasteiger partial charge in [-0.05, 0) is 18.9 Å². The summed E-state index contributed by atoms with van der Waals surface area (Å²) in [5.74, 6) is 2.02. The molecule has 0 aromatic carbocycles. The predicted octanol–water partition coefficient (Wildman–Crippen LogP) is 2.05. The van der Waals surface area contributed by atoms with E-state index in [-0.39, 0.29) is 17.0 Å². The van der Waals surface area contributed by atoms with E-state index in [0.717, 1.165) is 17.8 Å². The largest absolute Gasteiger partial charge is 0.477 e. The Labute approximate surface area is 119 Å². The molecule has 104 valence electrons. The summed E-state index contributed by atoms with van der Waals surface area (Å²) < 4.78 is 1.46. The van der Waals surface area contributed by atoms with Gasteiger partial charge in [-0.3, -0.25) is 9.36 Å². The van der Waals surface area contributed by atoms with Crippen molar-refractivity contribution in [2.24, 2.45) is 0 Å². The highest BCUT2D eigenvalue weighted by Gasteiger charge is 2.20. The van der Waals surface area contributed by atoms with Gasteiger partial charge in [0.25, 0.3) is 5.56 Å². The van der Waals surface area contributed by atoms with Crippen LogP contribution in [0.15, 0.2) is 4.79 Å². The second-order valence-corrected chi connectivity index (χ2v) is 5.41. The van der Waals surface area contributed by atoms with Gasteiger partial charge in [0.05, 0.1) is 11.9 Å². The number of carboxylic acids is 1. The van der Waals surface area contributed by atoms with Crippen LogP contribution in [-0.4, -0.2) is 20.6 Å². The first-order valence-corrected chi connectivity index (χ1v) is 7.02. The van der Waals surface area contributed by atoms with E-state index in [0.29, 0.717) is 28.0 Å². The van der Waals surface area contributed by atoms with Crippen LogP contribution in [0.25, 0.3) is 10.2 Å². The number of rotatable bonds is 4. The van der Waals surface area contributed by atoms with Crippen molar-refractivity contribution in [2.45, 2.75) is 33.2 Å². The van der Waals surface area contributed by atoms with E-state index in [4.69, 9.17) is 11.5 Å². The minimum absolute atomic E-state index is 0.148. The second-order valence-electron chi connectivity index (χ2n) is 4.41. The Hall–Kier alpha value is -2.13. The van der Waals surface area contributed by atoms with Crippen LogP contribution in [-0.2, 0) is 13.0 Å². The van der Waals surface area contributed by atoms with E-state index in [2.05, 4.69) is 10.9 Å². The topological polar surface area (TPSA) is 72.2 Å². The van der Waals surface area contributed by atoms with Crippen molar-refractivity contribution in [3.8, 4) is 12.3 Å². The number of hydrogen-bond acceptors (Lipinski definition) is 4. The molecule has 0 saturated carbocycles. The lowest BCUT2D eigenvalue weighted by molar-refractivity contribution is 0.0701. The molecule has 0 fully saturated rings. The molecule has 1 N–H and O–H groups in total. The molecule has 0 spiro atoms. The molecule has 20 heavy (non-hydrogen) atoms. The van der Waals surface area contributed by atoms with Gasteiger partial charge >= 0.3 is 5.97 Å². The molecule has 0 aliphatic heterocycles. The quantitative estimate of drug-likeness (QED) is 0.875. The van der Waals surface area contributed by atoms with Gasteiger partial charge in [0.1, 0.15) is 15.5 Å². The molecule has 0 atom stereocenters. The van der Waals surface area contributed by atoms with Crippen LogP contribution < -0.4 is 5.56 Å². The summed E-state index contributed by atoms with van der Waals surface area (Å²) in [4.78, 5) is 28.7. The number of fused-ring (bicyclic) bond motifs is 1. The van der Waals surface area contributed by atoms with Crippen molar-refractivity contribution in [1.29, 1.82) is 0 Å². The highest BCUT2D eigenvalue weighted by Crippen LogP contribution is 2.27. The molecule has 0 bridgehead atoms. The maximum atomic E-state index is 12.5. The van der Waals surface area contributed by atoms with Crippen molar-refractivity contribution in [1.82, 2.24) is 9.55 Å². The van der Waals surface area contributed by atoms with Crippen LogP contribution in [0.3, 0.4) is 0 Å². The van der Waals surface area contributed by atoms with E-state index < -0.39 is 5.97 Å². The first kappa shape index (κ1) is 14.3. The average molecular weight is 290 g/mol. The lowest BCUT2D eigenvalue weighted by atomic mass is 10.2. The zero-order valence-corrected chi connectivity index (χ0v) is 12.1. The number of nitrogens with zero attached hydrogens (tertiary/aromatic N) is 2. The summed E-state index contributed by atoms with van der Waals surface area (Å²) in [6.07, 6.45) is 6.76. The Bertz CT molecular complexity index is 780. The zero-order chi connectivity index (χ0) is 14.9. The van der Waals surface area contributed by atoms with E-state index in [1.165, 1.54) is 4.57 Å². The summed E-state index contributed by atoms with van der Waals surface area (Å²) in [7, 11) is 0. The fourth-order valence-electron chi connectivity index (χ4n) is 2.13. The predicted molar refractivity (Wildman–Crippen MR) is 78.4 cm³/mol. The number of aromatic nitrogens is 2. The first-order valence-electron chi connectivity index (χ1n) is 6.20. The summed E-state index contributed by atoms with van der Waals surface area (Å²) in [5.41, 5.74) is 0.210. The van der Waals surface area contributed by atoms with Gasteiger partial charge in [-0.1, -0.05) is 12.8 Å². The van der Waals surface area contributed by atoms with E-state index in [9.17, 15) is 9.59 Å². The minimum Gasteiger partial charge on any atom is -0.477 e. The number of carbonyl (C=O) groups is 1. The number of terminal acetylenes is 1. The third kappa shape index (κ3) is 2.21. The van der Waals surface area contributed by atoms with Crippen LogP contribution in [0.2, 0.25) is 0 Å². The Morgan fingerprint density at radius 1 is 1.55 bits per heavy atom. The zero-order valence-electron chi connectivity index (χ0n) is 11.3. The summed E-state index contributed by atoms with van der Waals surface area (Å²) >= 11 is 1.04. The van der Waals surface area contributed by atoms with Crippen LogP contribution in [0.1, 0.15) is 34.4 Å². The van der Waals surface area contributed by atoms with E-state index in [1.807, 2.05) is 6.92 Å². The number of thiophene rings is 1. The molecule has 2 aromatic rings. The Morgan fingerprint density at radius 3 is 2.80 bits per heavy atom. The van der Waals surface area contributed by atoms with Gasteiger partial charge in [0.15, 0.2) is 0 Å². The highest BCUT2D eigenvalue weighted by molar-refractivity contribution is 7.20. The third-order valence-electron chi connectivity index (χ3n) is 3.05. The number of aromatic carboxylic acids is 1. The van der Waals surface area contributed by atoms with E-state index in [1.54, 1.807) is 6.92 Å². The smallest absolute Gasteiger partial charge is 0.346 e. The number of carboxylic acid groups (broad SMARTS) is 1. The molecule has 0 saturated heterocycles. The Kier molecular flexibility index (Phi) is 3.91. The second kappa shape index (κ2) is 5.47. The lowest BCUT2D eigenvalue weighted by Crippen LogP contribution is -2.25. The van der Waals surface area contributed by atoms with Crippen molar-refractivity contribution in [3.05, 3.63) is 26.6 Å². The minimum atomic E-state index is -1.04. The molecule has 2 aromatic heterocycles. The molecule has 0 aliphatic rings. The van der Waals surface area contributed by atoms with Gasteiger partial charge in [0.2, 0.25) is 0 Å². The molecule has 0 amide bonds. The first-order chi connectivity index (χ1) is 9.51. The molecular formula is C14H14N2O3S. The van der Waals surface area contributed by atoms with E-state index >= 15 is 0 Å². The molecule has 2 heterocycles.